The van der Waals surface area contributed by atoms with E-state index in [2.05, 4.69) is 34.8 Å². The maximum atomic E-state index is 12.9. The molecule has 0 radical (unpaired) electrons. The maximum absolute atomic E-state index is 12.9. The fourth-order valence-electron chi connectivity index (χ4n) is 3.31. The second-order valence-electron chi connectivity index (χ2n) is 7.59. The molecule has 2 aromatic heterocycles. The molecular weight excluding hydrogens is 457 g/mol. The van der Waals surface area contributed by atoms with E-state index in [1.165, 1.54) is 36.6 Å². The molecule has 34 heavy (non-hydrogen) atoms. The first-order valence-corrected chi connectivity index (χ1v) is 10.2. The third kappa shape index (κ3) is 5.30. The minimum absolute atomic E-state index is 0.00157. The van der Waals surface area contributed by atoms with Crippen molar-refractivity contribution in [2.75, 3.05) is 7.11 Å². The van der Waals surface area contributed by atoms with Crippen LogP contribution in [0.4, 0.5) is 13.2 Å². The number of methoxy groups -OCH3 is 1. The first-order chi connectivity index (χ1) is 16.1. The Balaban J connectivity index is 1.54. The molecule has 1 saturated carbocycles. The van der Waals surface area contributed by atoms with Crippen LogP contribution in [0.5, 0.6) is 5.75 Å². The Hall–Kier alpha value is -4.03. The number of esters is 1. The van der Waals surface area contributed by atoms with Gasteiger partial charge in [0, 0.05) is 5.56 Å². The molecule has 1 aromatic carbocycles. The van der Waals surface area contributed by atoms with Crippen molar-refractivity contribution in [1.29, 1.82) is 0 Å². The highest BCUT2D eigenvalue weighted by Gasteiger charge is 2.33. The van der Waals surface area contributed by atoms with Gasteiger partial charge in [-0.25, -0.2) is 19.7 Å². The van der Waals surface area contributed by atoms with E-state index in [0.29, 0.717) is 11.4 Å². The summed E-state index contributed by atoms with van der Waals surface area (Å²) in [4.78, 5) is 36.6. The Morgan fingerprint density at radius 2 is 1.91 bits per heavy atom. The van der Waals surface area contributed by atoms with E-state index < -0.39 is 30.0 Å². The maximum Gasteiger partial charge on any atom is 0.573 e. The van der Waals surface area contributed by atoms with Gasteiger partial charge in [0.1, 0.15) is 12.1 Å². The Morgan fingerprint density at radius 1 is 1.15 bits per heavy atom. The van der Waals surface area contributed by atoms with E-state index in [9.17, 15) is 22.8 Å². The first-order valence-electron chi connectivity index (χ1n) is 10.2. The minimum atomic E-state index is -4.87. The standard InChI is InChI=1S/C21H19F3N6O4/c1-11(18-27-10-28-30(18)17-9-25-16(8-26-17)20(32)33-2)29-19(31)14-5-13(12-3-4-12)6-15(7-14)34-21(22,23)24/h5-12H,3-4H2,1-2H3,(H,29,31)/t11-/m0/s1. The van der Waals surface area contributed by atoms with Gasteiger partial charge in [-0.1, -0.05) is 0 Å². The number of rotatable bonds is 7. The summed E-state index contributed by atoms with van der Waals surface area (Å²) >= 11 is 0. The van der Waals surface area contributed by atoms with E-state index in [-0.39, 0.29) is 23.0 Å². The number of halogens is 3. The number of ether oxygens (including phenoxy) is 2. The molecule has 1 amide bonds. The number of amides is 1. The van der Waals surface area contributed by atoms with Crippen LogP contribution >= 0.6 is 0 Å². The van der Waals surface area contributed by atoms with Crippen LogP contribution in [-0.4, -0.2) is 50.1 Å². The Morgan fingerprint density at radius 3 is 2.53 bits per heavy atom. The predicted molar refractivity (Wildman–Crippen MR) is 109 cm³/mol. The Labute approximate surface area is 191 Å². The van der Waals surface area contributed by atoms with Gasteiger partial charge in [-0.15, -0.1) is 13.2 Å². The van der Waals surface area contributed by atoms with Crippen molar-refractivity contribution in [3.05, 3.63) is 59.6 Å². The second-order valence-corrected chi connectivity index (χ2v) is 7.59. The van der Waals surface area contributed by atoms with Crippen molar-refractivity contribution in [3.8, 4) is 11.6 Å². The molecular formula is C21H19F3N6O4. The number of alkyl halides is 3. The Bertz CT molecular complexity index is 1210. The fourth-order valence-corrected chi connectivity index (χ4v) is 3.31. The van der Waals surface area contributed by atoms with Gasteiger partial charge >= 0.3 is 12.3 Å². The number of nitrogens with one attached hydrogen (secondary N) is 1. The highest BCUT2D eigenvalue weighted by Crippen LogP contribution is 2.42. The number of hydrogen-bond donors (Lipinski definition) is 1. The second kappa shape index (κ2) is 9.08. The molecule has 178 valence electrons. The normalized spacial score (nSPS) is 14.4. The summed E-state index contributed by atoms with van der Waals surface area (Å²) in [6.45, 7) is 1.63. The lowest BCUT2D eigenvalue weighted by Crippen LogP contribution is -2.29. The van der Waals surface area contributed by atoms with Crippen molar-refractivity contribution in [2.24, 2.45) is 0 Å². The zero-order valence-electron chi connectivity index (χ0n) is 18.0. The highest BCUT2D eigenvalue weighted by atomic mass is 19.4. The monoisotopic (exact) mass is 476 g/mol. The topological polar surface area (TPSA) is 121 Å². The number of carbonyl (C=O) groups excluding carboxylic acids is 2. The van der Waals surface area contributed by atoms with Crippen LogP contribution in [0, 0.1) is 0 Å². The quantitative estimate of drug-likeness (QED) is 0.517. The van der Waals surface area contributed by atoms with Crippen LogP contribution in [0.25, 0.3) is 5.82 Å². The van der Waals surface area contributed by atoms with Crippen molar-refractivity contribution in [2.45, 2.75) is 38.1 Å². The third-order valence-electron chi connectivity index (χ3n) is 5.03. The number of hydrogen-bond acceptors (Lipinski definition) is 8. The van der Waals surface area contributed by atoms with E-state index in [0.717, 1.165) is 18.9 Å². The van der Waals surface area contributed by atoms with Crippen LogP contribution in [0.15, 0.2) is 36.9 Å². The SMILES string of the molecule is COC(=O)c1cnc(-n2ncnc2[C@H](C)NC(=O)c2cc(OC(F)(F)F)cc(C3CC3)c2)cn1. The lowest BCUT2D eigenvalue weighted by atomic mass is 10.1. The zero-order valence-corrected chi connectivity index (χ0v) is 18.0. The summed E-state index contributed by atoms with van der Waals surface area (Å²) in [5.74, 6) is -1.07. The number of nitrogens with zero attached hydrogens (tertiary/aromatic N) is 5. The lowest BCUT2D eigenvalue weighted by Gasteiger charge is -2.16. The molecule has 1 atom stereocenters. The molecule has 3 aromatic rings. The number of carbonyl (C=O) groups is 2. The van der Waals surface area contributed by atoms with Crippen molar-refractivity contribution >= 4 is 11.9 Å². The van der Waals surface area contributed by atoms with E-state index in [1.807, 2.05) is 0 Å². The van der Waals surface area contributed by atoms with Gasteiger partial charge in [-0.3, -0.25) is 4.79 Å². The van der Waals surface area contributed by atoms with Gasteiger partial charge in [0.25, 0.3) is 5.91 Å². The van der Waals surface area contributed by atoms with E-state index in [4.69, 9.17) is 0 Å². The average Bonchev–Trinajstić information content (AvgIpc) is 3.53. The average molecular weight is 476 g/mol. The molecule has 10 nitrogen and oxygen atoms in total. The molecule has 0 bridgehead atoms. The van der Waals surface area contributed by atoms with Crippen molar-refractivity contribution in [3.63, 3.8) is 0 Å². The molecule has 1 N–H and O–H groups in total. The van der Waals surface area contributed by atoms with Crippen LogP contribution in [0.1, 0.15) is 64.0 Å². The van der Waals surface area contributed by atoms with Gasteiger partial charge in [-0.2, -0.15) is 9.78 Å². The summed E-state index contributed by atoms with van der Waals surface area (Å²) in [6, 6.07) is 3.21. The van der Waals surface area contributed by atoms with Gasteiger partial charge in [0.2, 0.25) is 0 Å². The molecule has 13 heteroatoms. The van der Waals surface area contributed by atoms with Crippen LogP contribution < -0.4 is 10.1 Å². The smallest absolute Gasteiger partial charge is 0.464 e. The van der Waals surface area contributed by atoms with Crippen LogP contribution in [-0.2, 0) is 4.74 Å². The summed E-state index contributed by atoms with van der Waals surface area (Å²) in [6.07, 6.45) is 0.554. The third-order valence-corrected chi connectivity index (χ3v) is 5.03. The zero-order chi connectivity index (χ0) is 24.5. The van der Waals surface area contributed by atoms with Crippen LogP contribution in [0.2, 0.25) is 0 Å². The molecule has 0 saturated heterocycles. The van der Waals surface area contributed by atoms with Gasteiger partial charge < -0.3 is 14.8 Å². The summed E-state index contributed by atoms with van der Waals surface area (Å²) in [7, 11) is 1.22. The van der Waals surface area contributed by atoms with Crippen molar-refractivity contribution in [1.82, 2.24) is 30.0 Å². The molecule has 1 aliphatic rings. The first kappa shape index (κ1) is 23.1. The summed E-state index contributed by atoms with van der Waals surface area (Å²) < 4.78 is 48.2. The van der Waals surface area contributed by atoms with Gasteiger partial charge in [0.05, 0.1) is 25.5 Å². The van der Waals surface area contributed by atoms with Gasteiger partial charge in [-0.05, 0) is 49.4 Å². The molecule has 1 aliphatic carbocycles. The summed E-state index contributed by atoms with van der Waals surface area (Å²) in [5.41, 5.74) is 0.647. The molecule has 4 rings (SSSR count). The predicted octanol–water partition coefficient (Wildman–Crippen LogP) is 3.11. The molecule has 1 fully saturated rings. The molecule has 0 aliphatic heterocycles. The minimum Gasteiger partial charge on any atom is -0.464 e. The van der Waals surface area contributed by atoms with E-state index in [1.54, 1.807) is 13.0 Å². The lowest BCUT2D eigenvalue weighted by molar-refractivity contribution is -0.274. The number of aromatic nitrogens is 5. The summed E-state index contributed by atoms with van der Waals surface area (Å²) in [5, 5.41) is 6.78. The van der Waals surface area contributed by atoms with Crippen LogP contribution in [0.3, 0.4) is 0 Å². The molecule has 0 unspecified atom stereocenters. The largest absolute Gasteiger partial charge is 0.573 e. The Kier molecular flexibility index (Phi) is 6.18. The van der Waals surface area contributed by atoms with E-state index >= 15 is 0 Å². The fraction of sp³-hybridized carbons (Fsp3) is 0.333. The van der Waals surface area contributed by atoms with Gasteiger partial charge in [0.15, 0.2) is 17.3 Å². The molecule has 2 heterocycles. The van der Waals surface area contributed by atoms with Crippen molar-refractivity contribution < 1.29 is 32.2 Å². The molecule has 0 spiro atoms. The number of benzene rings is 1. The highest BCUT2D eigenvalue weighted by molar-refractivity contribution is 5.95.